The number of carbonyl (C=O) groups excluding carboxylic acids is 1. The van der Waals surface area contributed by atoms with Crippen LogP contribution in [0.3, 0.4) is 0 Å². The Hall–Kier alpha value is -0.610. The first-order valence-electron chi connectivity index (χ1n) is 2.28. The third kappa shape index (κ3) is 2.54. The van der Waals surface area contributed by atoms with Crippen LogP contribution in [-0.4, -0.2) is 22.5 Å². The Bertz CT molecular complexity index is 81.4. The Kier molecular flexibility index (Phi) is 2.44. The maximum Gasteiger partial charge on any atom is 0.245 e. The predicted octanol–water partition coefficient (Wildman–Crippen LogP) is -1.22. The second-order valence-electron chi connectivity index (χ2n) is 1.43. The van der Waals surface area contributed by atoms with Gasteiger partial charge in [-0.2, -0.15) is 0 Å². The molecule has 0 aromatic rings. The first-order valence-corrected chi connectivity index (χ1v) is 2.28. The molecule has 3 N–H and O–H groups in total. The van der Waals surface area contributed by atoms with E-state index in [0.717, 1.165) is 0 Å². The fourth-order valence-corrected chi connectivity index (χ4v) is 0.196. The van der Waals surface area contributed by atoms with Crippen LogP contribution in [0.2, 0.25) is 0 Å². The number of aliphatic hydroxyl groups is 2. The lowest BCUT2D eigenvalue weighted by atomic mass is 10.4. The molecule has 8 heavy (non-hydrogen) atoms. The van der Waals surface area contributed by atoms with Gasteiger partial charge in [-0.05, 0) is 0 Å². The van der Waals surface area contributed by atoms with Crippen molar-refractivity contribution in [1.82, 2.24) is 5.32 Å². The van der Waals surface area contributed by atoms with Crippen LogP contribution in [-0.2, 0) is 4.79 Å². The Morgan fingerprint density at radius 2 is 2.25 bits per heavy atom. The summed E-state index contributed by atoms with van der Waals surface area (Å²) in [5, 5.41) is 18.9. The molecule has 0 fully saturated rings. The second kappa shape index (κ2) is 2.64. The molecule has 0 aliphatic heterocycles. The minimum absolute atomic E-state index is 0.0751. The van der Waals surface area contributed by atoms with Gasteiger partial charge >= 0.3 is 0 Å². The SMILES string of the molecule is CCC(O)(O)NC=O. The molecule has 0 aliphatic carbocycles. The third-order valence-electron chi connectivity index (χ3n) is 0.783. The Morgan fingerprint density at radius 3 is 2.38 bits per heavy atom. The average Bonchev–Trinajstić information content (AvgIpc) is 1.67. The van der Waals surface area contributed by atoms with Gasteiger partial charge in [0.2, 0.25) is 12.3 Å². The fraction of sp³-hybridized carbons (Fsp3) is 0.750. The van der Waals surface area contributed by atoms with Crippen molar-refractivity contribution in [3.05, 3.63) is 0 Å². The molecular weight excluding hydrogens is 110 g/mol. The van der Waals surface area contributed by atoms with Crippen LogP contribution in [0.5, 0.6) is 0 Å². The van der Waals surface area contributed by atoms with Gasteiger partial charge in [0.15, 0.2) is 0 Å². The van der Waals surface area contributed by atoms with E-state index in [1.165, 1.54) is 6.92 Å². The summed E-state index contributed by atoms with van der Waals surface area (Å²) in [4.78, 5) is 9.55. The summed E-state index contributed by atoms with van der Waals surface area (Å²) in [6, 6.07) is 0. The van der Waals surface area contributed by atoms with Gasteiger partial charge in [0.1, 0.15) is 0 Å². The number of rotatable bonds is 3. The van der Waals surface area contributed by atoms with Crippen LogP contribution in [0, 0.1) is 0 Å². The third-order valence-corrected chi connectivity index (χ3v) is 0.783. The summed E-state index contributed by atoms with van der Waals surface area (Å²) in [5.74, 6) is -2.03. The maximum absolute atomic E-state index is 9.55. The smallest absolute Gasteiger partial charge is 0.245 e. The largest absolute Gasteiger partial charge is 0.349 e. The highest BCUT2D eigenvalue weighted by atomic mass is 16.5. The first-order chi connectivity index (χ1) is 3.62. The van der Waals surface area contributed by atoms with Gasteiger partial charge in [-0.25, -0.2) is 0 Å². The zero-order chi connectivity index (χ0) is 6.62. The van der Waals surface area contributed by atoms with E-state index in [9.17, 15) is 4.79 Å². The quantitative estimate of drug-likeness (QED) is 0.322. The van der Waals surface area contributed by atoms with Gasteiger partial charge in [0, 0.05) is 6.42 Å². The lowest BCUT2D eigenvalue weighted by molar-refractivity contribution is -0.185. The summed E-state index contributed by atoms with van der Waals surface area (Å²) in [6.07, 6.45) is 0.315. The molecule has 48 valence electrons. The first kappa shape index (κ1) is 7.39. The molecule has 0 spiro atoms. The van der Waals surface area contributed by atoms with Crippen molar-refractivity contribution in [3.63, 3.8) is 0 Å². The van der Waals surface area contributed by atoms with Crippen molar-refractivity contribution < 1.29 is 15.0 Å². The van der Waals surface area contributed by atoms with E-state index >= 15 is 0 Å². The van der Waals surface area contributed by atoms with Crippen LogP contribution in [0.4, 0.5) is 0 Å². The van der Waals surface area contributed by atoms with Crippen LogP contribution < -0.4 is 5.32 Å². The summed E-state index contributed by atoms with van der Waals surface area (Å²) in [6.45, 7) is 1.54. The van der Waals surface area contributed by atoms with Crippen molar-refractivity contribution in [2.45, 2.75) is 19.3 Å². The van der Waals surface area contributed by atoms with Crippen LogP contribution in [0.15, 0.2) is 0 Å². The van der Waals surface area contributed by atoms with E-state index in [1.807, 2.05) is 0 Å². The molecule has 4 nitrogen and oxygen atoms in total. The van der Waals surface area contributed by atoms with Gasteiger partial charge in [-0.1, -0.05) is 6.92 Å². The molecule has 0 aromatic carbocycles. The Balaban J connectivity index is 3.53. The van der Waals surface area contributed by atoms with Crippen molar-refractivity contribution in [3.8, 4) is 0 Å². The molecule has 0 aliphatic rings. The highest BCUT2D eigenvalue weighted by Crippen LogP contribution is 1.95. The number of nitrogens with one attached hydrogen (secondary N) is 1. The summed E-state index contributed by atoms with van der Waals surface area (Å²) in [5.41, 5.74) is 0. The van der Waals surface area contributed by atoms with Crippen LogP contribution in [0.25, 0.3) is 0 Å². The molecule has 0 saturated heterocycles. The molecule has 0 radical (unpaired) electrons. The molecular formula is C4H9NO3. The van der Waals surface area contributed by atoms with E-state index in [2.05, 4.69) is 0 Å². The van der Waals surface area contributed by atoms with Gasteiger partial charge < -0.3 is 15.5 Å². The molecule has 4 heteroatoms. The Labute approximate surface area is 47.1 Å². The zero-order valence-corrected chi connectivity index (χ0v) is 4.59. The van der Waals surface area contributed by atoms with Crippen molar-refractivity contribution in [1.29, 1.82) is 0 Å². The summed E-state index contributed by atoms with van der Waals surface area (Å²) in [7, 11) is 0. The van der Waals surface area contributed by atoms with Gasteiger partial charge in [-0.15, -0.1) is 0 Å². The van der Waals surface area contributed by atoms with Crippen molar-refractivity contribution >= 4 is 6.41 Å². The highest BCUT2D eigenvalue weighted by molar-refractivity contribution is 5.46. The summed E-state index contributed by atoms with van der Waals surface area (Å²) >= 11 is 0. The molecule has 0 aromatic heterocycles. The molecule has 0 rings (SSSR count). The number of hydrogen-bond donors (Lipinski definition) is 3. The molecule has 1 amide bonds. The number of hydrogen-bond acceptors (Lipinski definition) is 3. The second-order valence-corrected chi connectivity index (χ2v) is 1.43. The predicted molar refractivity (Wildman–Crippen MR) is 26.7 cm³/mol. The normalized spacial score (nSPS) is 10.9. The molecule has 0 heterocycles. The van der Waals surface area contributed by atoms with Crippen LogP contribution >= 0.6 is 0 Å². The molecule has 0 unspecified atom stereocenters. The number of carbonyl (C=O) groups is 1. The monoisotopic (exact) mass is 119 g/mol. The lowest BCUT2D eigenvalue weighted by Gasteiger charge is -2.16. The topological polar surface area (TPSA) is 69.6 Å². The molecule has 0 saturated carbocycles. The molecule has 0 atom stereocenters. The van der Waals surface area contributed by atoms with E-state index in [1.54, 1.807) is 5.32 Å². The maximum atomic E-state index is 9.55. The van der Waals surface area contributed by atoms with E-state index in [-0.39, 0.29) is 12.8 Å². The van der Waals surface area contributed by atoms with Crippen molar-refractivity contribution in [2.24, 2.45) is 0 Å². The van der Waals surface area contributed by atoms with Gasteiger partial charge in [0.05, 0.1) is 0 Å². The fourth-order valence-electron chi connectivity index (χ4n) is 0.196. The van der Waals surface area contributed by atoms with E-state index in [0.29, 0.717) is 0 Å². The molecule has 0 bridgehead atoms. The minimum atomic E-state index is -2.03. The zero-order valence-electron chi connectivity index (χ0n) is 4.59. The van der Waals surface area contributed by atoms with Gasteiger partial charge in [-0.3, -0.25) is 4.79 Å². The average molecular weight is 119 g/mol. The highest BCUT2D eigenvalue weighted by Gasteiger charge is 2.16. The summed E-state index contributed by atoms with van der Waals surface area (Å²) < 4.78 is 0. The van der Waals surface area contributed by atoms with Gasteiger partial charge in [0.25, 0.3) is 0 Å². The van der Waals surface area contributed by atoms with E-state index < -0.39 is 5.91 Å². The lowest BCUT2D eigenvalue weighted by Crippen LogP contribution is -2.43. The standard InChI is InChI=1S/C4H9NO3/c1-2-4(7,8)5-3-6/h3,7-8H,2H2,1H3,(H,5,6). The Morgan fingerprint density at radius 1 is 1.75 bits per heavy atom. The van der Waals surface area contributed by atoms with Crippen LogP contribution in [0.1, 0.15) is 13.3 Å². The number of amides is 1. The van der Waals surface area contributed by atoms with Crippen molar-refractivity contribution in [2.75, 3.05) is 0 Å². The minimum Gasteiger partial charge on any atom is -0.349 e. The van der Waals surface area contributed by atoms with E-state index in [4.69, 9.17) is 10.2 Å².